The normalized spacial score (nSPS) is 15.7. The number of para-hydroxylation sites is 2. The molecule has 5 fully saturated rings. The molecule has 0 spiro atoms. The number of benzene rings is 5. The number of nitriles is 1. The molecule has 0 unspecified atom stereocenters. The fourth-order valence-corrected chi connectivity index (χ4v) is 16.8. The molecular formula is C94H95N23O16. The lowest BCUT2D eigenvalue weighted by Crippen LogP contribution is -2.41. The molecule has 16 aromatic rings. The number of aromatic amines is 4. The lowest BCUT2D eigenvalue weighted by molar-refractivity contribution is -0.385. The molecule has 133 heavy (non-hydrogen) atoms. The molecule has 7 N–H and O–H groups in total. The van der Waals surface area contributed by atoms with Crippen LogP contribution >= 0.6 is 0 Å². The van der Waals surface area contributed by atoms with E-state index in [0.717, 1.165) is 91.8 Å². The number of ether oxygens (including phenoxy) is 2. The molecule has 11 heterocycles. The van der Waals surface area contributed by atoms with Gasteiger partial charge in [-0.15, -0.1) is 0 Å². The number of carbonyl (C=O) groups is 1. The van der Waals surface area contributed by atoms with Crippen LogP contribution in [0.5, 0.6) is 11.5 Å². The average Bonchev–Trinajstić information content (AvgIpc) is 1.71. The number of aryl methyl sites for hydroxylation is 1. The Hall–Kier alpha value is -16.2. The van der Waals surface area contributed by atoms with Crippen LogP contribution in [0.15, 0.2) is 221 Å². The second kappa shape index (κ2) is 39.4. The van der Waals surface area contributed by atoms with Gasteiger partial charge in [-0.3, -0.25) is 86.5 Å². The summed E-state index contributed by atoms with van der Waals surface area (Å²) in [6.07, 6.45) is 23.8. The van der Waals surface area contributed by atoms with Gasteiger partial charge < -0.3 is 35.3 Å². The molecule has 0 atom stereocenters. The number of nitrogens with zero attached hydrogens (tertiary/aromatic N) is 18. The van der Waals surface area contributed by atoms with Gasteiger partial charge in [0.2, 0.25) is 0 Å². The minimum atomic E-state index is -0.758. The van der Waals surface area contributed by atoms with Crippen molar-refractivity contribution in [2.24, 2.45) is 23.7 Å². The highest BCUT2D eigenvalue weighted by Gasteiger charge is 2.40. The monoisotopic (exact) mass is 1800 g/mol. The van der Waals surface area contributed by atoms with Crippen LogP contribution in [0.1, 0.15) is 129 Å². The Morgan fingerprint density at radius 3 is 1.82 bits per heavy atom. The molecule has 0 amide bonds. The van der Waals surface area contributed by atoms with E-state index in [0.29, 0.717) is 155 Å². The number of anilines is 1. The minimum absolute atomic E-state index is 0.0154. The lowest BCUT2D eigenvalue weighted by atomic mass is 9.67. The number of hydrogen-bond donors (Lipinski definition) is 6. The largest absolute Gasteiger partial charge is 0.493 e. The van der Waals surface area contributed by atoms with Gasteiger partial charge in [-0.05, 0) is 193 Å². The molecular weight excluding hydrogens is 1710 g/mol. The van der Waals surface area contributed by atoms with Crippen LogP contribution in [-0.4, -0.2) is 126 Å². The standard InChI is InChI=1S/C20H25NO4.C17H11N5O4.C17H14N4O3.C15H10N4O.C13H17N5O2.C12H18N4O2/c1-24-17-7-6-15(12-18(17)25-16-4-2-3-5-16)20(13-21)10-8-14(9-11-20)19(22)23;23-16-15-14(10-18-19-15)20(12-7-4-8-13(9-12)22(25)26)17(24)21(16)11-5-2-1-3-6-11;22-17-14-5-2-8-18-16(14)15(19-20(17)10-11-6-7-11)12-3-1-4-13(9-12)21(23)24;20-15-13-12(17-9-18-13)11-7-4-8-16-14(11)19(15)10-5-2-1-3-6-10;14-12-15-9-10(16-12)17(5-7-1-2-7)13(20)18(11(9)19)6-8-3-4-8;1-3-5-7-16-11(17)9-10(14-8-13-9)15(6-4-2)12(16)18/h6-7,12,14,16H,2-5,8-11H2,1H3,(H,22,23);1-10H,(H,18,19);1-5,8-9,11H,6-7,10H2;1-9H,(H,17,18);7-8H,1-6H2,(H3,14,15,16);8H,3-7H2,1-2H3,(H,13,14). The third-order valence-electron chi connectivity index (χ3n) is 24.3. The fraction of sp³-hybridized carbons (Fsp3) is 0.330. The molecule has 21 rings (SSSR count). The van der Waals surface area contributed by atoms with Gasteiger partial charge in [-0.1, -0.05) is 80.9 Å². The van der Waals surface area contributed by atoms with Crippen LogP contribution in [0.25, 0.3) is 94.7 Å². The maximum absolute atomic E-state index is 13.1. The van der Waals surface area contributed by atoms with E-state index in [1.54, 1.807) is 93.9 Å². The number of aromatic nitrogens is 19. The molecule has 5 aliphatic rings. The first kappa shape index (κ1) is 90.2. The third kappa shape index (κ3) is 19.3. The van der Waals surface area contributed by atoms with Crippen LogP contribution in [0.4, 0.5) is 17.3 Å². The summed E-state index contributed by atoms with van der Waals surface area (Å²) >= 11 is 0. The number of rotatable bonds is 22. The molecule has 5 aliphatic carbocycles. The highest BCUT2D eigenvalue weighted by atomic mass is 16.6. The Kier molecular flexibility index (Phi) is 26.7. The van der Waals surface area contributed by atoms with Crippen LogP contribution < -0.4 is 60.1 Å². The Balaban J connectivity index is 0.000000117. The van der Waals surface area contributed by atoms with Gasteiger partial charge in [0.1, 0.15) is 44.4 Å². The molecule has 5 aromatic carbocycles. The number of imidazole rings is 3. The SMILES string of the molecule is CCCCn1c(=O)c2[nH]cnc2n(CCC)c1=O.COc1ccc(C2(C#N)CCC(C(=O)O)CC2)cc1OC1CCCC1.Nc1nc2c([nH]1)c(=O)n(CC1CC1)c(=O)n2CC1CC1.O=c1c2[nH]cnc2c2cccnc2n1-c1ccccc1.O=c1c2[nH]ncc2n(-c2cccc([N+](=O)[O-])c2)c(=O)n1-c1ccccc1.O=c1c2cccnc2c(-c2cccc([N+](=O)[O-])c2)nn1CC1CC1. The van der Waals surface area contributed by atoms with Crippen LogP contribution in [0, 0.1) is 55.2 Å². The number of H-pyrrole nitrogens is 4. The number of fused-ring (bicyclic) bond motifs is 7. The minimum Gasteiger partial charge on any atom is -0.493 e. The molecule has 39 heteroatoms. The number of methoxy groups -OCH3 is 1. The molecule has 0 bridgehead atoms. The third-order valence-corrected chi connectivity index (χ3v) is 24.3. The van der Waals surface area contributed by atoms with Gasteiger partial charge in [0.25, 0.3) is 39.2 Å². The van der Waals surface area contributed by atoms with Crippen molar-refractivity contribution >= 4 is 89.6 Å². The zero-order chi connectivity index (χ0) is 93.3. The van der Waals surface area contributed by atoms with Crippen molar-refractivity contribution in [3.63, 3.8) is 0 Å². The number of non-ortho nitro benzene ring substituents is 2. The topological polar surface area (TPSA) is 521 Å². The number of unbranched alkanes of at least 4 members (excludes halogenated alkanes) is 1. The first-order chi connectivity index (χ1) is 64.5. The molecule has 5 saturated carbocycles. The average molecular weight is 1800 g/mol. The number of hydrogen-bond acceptors (Lipinski definition) is 24. The number of aliphatic carboxylic acids is 1. The number of pyridine rings is 3. The van der Waals surface area contributed by atoms with Crippen molar-refractivity contribution in [1.29, 1.82) is 5.26 Å². The van der Waals surface area contributed by atoms with E-state index in [1.165, 1.54) is 80.4 Å². The zero-order valence-electron chi connectivity index (χ0n) is 73.0. The first-order valence-corrected chi connectivity index (χ1v) is 44.1. The summed E-state index contributed by atoms with van der Waals surface area (Å²) in [6.45, 7) is 6.78. The number of nitro benzene ring substituents is 2. The number of nitro groups is 2. The van der Waals surface area contributed by atoms with Crippen molar-refractivity contribution in [2.45, 2.75) is 167 Å². The molecule has 0 saturated heterocycles. The lowest BCUT2D eigenvalue weighted by Gasteiger charge is -2.34. The van der Waals surface area contributed by atoms with E-state index in [1.807, 2.05) is 74.5 Å². The summed E-state index contributed by atoms with van der Waals surface area (Å²) in [5, 5.41) is 53.4. The molecule has 39 nitrogen and oxygen atoms in total. The first-order valence-electron chi connectivity index (χ1n) is 44.1. The predicted molar refractivity (Wildman–Crippen MR) is 497 cm³/mol. The summed E-state index contributed by atoms with van der Waals surface area (Å²) in [5.74, 6) is 1.95. The number of nitrogen functional groups attached to an aromatic ring is 1. The maximum Gasteiger partial charge on any atom is 0.340 e. The number of nitrogens with two attached hydrogens (primary N) is 1. The molecule has 0 radical (unpaired) electrons. The Morgan fingerprint density at radius 1 is 0.556 bits per heavy atom. The van der Waals surface area contributed by atoms with Crippen LogP contribution in [0.3, 0.4) is 0 Å². The van der Waals surface area contributed by atoms with Gasteiger partial charge in [0, 0.05) is 80.3 Å². The van der Waals surface area contributed by atoms with Gasteiger partial charge in [-0.2, -0.15) is 20.4 Å². The van der Waals surface area contributed by atoms with Gasteiger partial charge in [0.05, 0.1) is 81.8 Å². The zero-order valence-corrected chi connectivity index (χ0v) is 73.0. The van der Waals surface area contributed by atoms with E-state index in [9.17, 15) is 73.7 Å². The second-order valence-corrected chi connectivity index (χ2v) is 33.5. The highest BCUT2D eigenvalue weighted by molar-refractivity contribution is 6.01. The second-order valence-electron chi connectivity index (χ2n) is 33.5. The fourth-order valence-electron chi connectivity index (χ4n) is 16.8. The van der Waals surface area contributed by atoms with Crippen LogP contribution in [-0.2, 0) is 42.9 Å². The van der Waals surface area contributed by atoms with Gasteiger partial charge in [-0.25, -0.2) is 38.6 Å². The summed E-state index contributed by atoms with van der Waals surface area (Å²) in [5.41, 5.74) is 9.93. The van der Waals surface area contributed by atoms with E-state index in [-0.39, 0.29) is 79.7 Å². The number of carboxylic acid groups (broad SMARTS) is 1. The van der Waals surface area contributed by atoms with Crippen molar-refractivity contribution in [1.82, 2.24) is 91.8 Å². The summed E-state index contributed by atoms with van der Waals surface area (Å²) < 4.78 is 22.7. The quantitative estimate of drug-likeness (QED) is 0.0271. The molecule has 682 valence electrons. The van der Waals surface area contributed by atoms with Crippen LogP contribution in [0.2, 0.25) is 0 Å². The highest BCUT2D eigenvalue weighted by Crippen LogP contribution is 2.45. The Bertz CT molecular complexity index is 7640. The smallest absolute Gasteiger partial charge is 0.340 e. The van der Waals surface area contributed by atoms with E-state index < -0.39 is 32.5 Å². The number of carboxylic acids is 1. The van der Waals surface area contributed by atoms with E-state index in [4.69, 9.17) is 15.2 Å². The molecule has 11 aromatic heterocycles. The van der Waals surface area contributed by atoms with Gasteiger partial charge >= 0.3 is 23.0 Å². The summed E-state index contributed by atoms with van der Waals surface area (Å²) in [6, 6.07) is 45.2. The number of nitrogens with one attached hydrogen (secondary N) is 4. The maximum atomic E-state index is 13.1. The molecule has 0 aliphatic heterocycles. The van der Waals surface area contributed by atoms with Crippen molar-refractivity contribution < 1.29 is 29.2 Å². The van der Waals surface area contributed by atoms with E-state index >= 15 is 0 Å². The predicted octanol–water partition coefficient (Wildman–Crippen LogP) is 12.2. The van der Waals surface area contributed by atoms with Gasteiger partial charge in [0.15, 0.2) is 34.3 Å². The summed E-state index contributed by atoms with van der Waals surface area (Å²) in [7, 11) is 1.62. The van der Waals surface area contributed by atoms with Crippen molar-refractivity contribution in [3.8, 4) is 45.9 Å². The Morgan fingerprint density at radius 2 is 1.17 bits per heavy atom. The Labute approximate surface area is 753 Å². The van der Waals surface area contributed by atoms with Crippen molar-refractivity contribution in [3.05, 3.63) is 292 Å². The summed E-state index contributed by atoms with van der Waals surface area (Å²) in [4.78, 5) is 162. The van der Waals surface area contributed by atoms with Crippen molar-refractivity contribution in [2.75, 3.05) is 12.8 Å². The van der Waals surface area contributed by atoms with E-state index in [2.05, 4.69) is 61.2 Å².